The summed E-state index contributed by atoms with van der Waals surface area (Å²) < 4.78 is 0. The van der Waals surface area contributed by atoms with Gasteiger partial charge in [0, 0.05) is 30.4 Å². The molecule has 3 heterocycles. The Hall–Kier alpha value is -2.76. The maximum atomic E-state index is 4.88. The molecule has 4 nitrogen and oxygen atoms in total. The molecule has 2 N–H and O–H groups in total. The van der Waals surface area contributed by atoms with E-state index in [1.165, 1.54) is 27.1 Å². The normalized spacial score (nSPS) is 14.0. The zero-order valence-electron chi connectivity index (χ0n) is 18.1. The number of rotatable bonds is 7. The van der Waals surface area contributed by atoms with E-state index in [9.17, 15) is 0 Å². The molecule has 2 aromatic carbocycles. The van der Waals surface area contributed by atoms with Crippen molar-refractivity contribution < 1.29 is 0 Å². The average molecular weight is 429 g/mol. The Kier molecular flexibility index (Phi) is 5.70. The molecule has 1 aliphatic heterocycles. The van der Waals surface area contributed by atoms with E-state index in [-0.39, 0.29) is 0 Å². The van der Waals surface area contributed by atoms with Crippen molar-refractivity contribution in [2.45, 2.75) is 32.6 Å². The van der Waals surface area contributed by atoms with Crippen molar-refractivity contribution in [3.8, 4) is 11.1 Å². The molecule has 5 heteroatoms. The minimum absolute atomic E-state index is 0.444. The molecule has 0 spiro atoms. The van der Waals surface area contributed by atoms with Crippen molar-refractivity contribution in [3.63, 3.8) is 0 Å². The molecule has 5 rings (SSSR count). The Labute approximate surface area is 187 Å². The molecule has 0 atom stereocenters. The van der Waals surface area contributed by atoms with E-state index in [4.69, 9.17) is 9.97 Å². The van der Waals surface area contributed by atoms with Crippen LogP contribution in [0.15, 0.2) is 54.6 Å². The van der Waals surface area contributed by atoms with Gasteiger partial charge in [-0.25, -0.2) is 9.97 Å². The Morgan fingerprint density at radius 1 is 0.968 bits per heavy atom. The summed E-state index contributed by atoms with van der Waals surface area (Å²) in [6.07, 6.45) is 2.12. The summed E-state index contributed by atoms with van der Waals surface area (Å²) >= 11 is 1.76. The highest BCUT2D eigenvalue weighted by atomic mass is 32.1. The van der Waals surface area contributed by atoms with Crippen LogP contribution in [0.2, 0.25) is 0 Å². The monoisotopic (exact) mass is 428 g/mol. The van der Waals surface area contributed by atoms with Crippen LogP contribution in [0.1, 0.15) is 34.2 Å². The highest BCUT2D eigenvalue weighted by Gasteiger charge is 2.23. The first-order valence-electron chi connectivity index (χ1n) is 11.0. The number of aryl methyl sites for hydroxylation is 3. The van der Waals surface area contributed by atoms with Gasteiger partial charge in [0.25, 0.3) is 0 Å². The first kappa shape index (κ1) is 20.2. The zero-order chi connectivity index (χ0) is 21.2. The third-order valence-electron chi connectivity index (χ3n) is 5.95. The van der Waals surface area contributed by atoms with E-state index in [1.54, 1.807) is 11.3 Å². The van der Waals surface area contributed by atoms with E-state index < -0.39 is 0 Å². The number of hydrogen-bond acceptors (Lipinski definition) is 5. The predicted molar refractivity (Wildman–Crippen MR) is 131 cm³/mol. The number of nitrogens with one attached hydrogen (secondary N) is 2. The summed E-state index contributed by atoms with van der Waals surface area (Å²) in [5, 5.41) is 8.07. The van der Waals surface area contributed by atoms with Gasteiger partial charge in [0.1, 0.15) is 16.5 Å². The summed E-state index contributed by atoms with van der Waals surface area (Å²) in [6.45, 7) is 7.13. The van der Waals surface area contributed by atoms with Crippen LogP contribution < -0.4 is 10.6 Å². The quantitative estimate of drug-likeness (QED) is 0.370. The largest absolute Gasteiger partial charge is 0.369 e. The molecule has 0 bridgehead atoms. The molecule has 0 radical (unpaired) electrons. The molecular weight excluding hydrogens is 400 g/mol. The lowest BCUT2D eigenvalue weighted by molar-refractivity contribution is 0.431. The first-order valence-corrected chi connectivity index (χ1v) is 11.9. The van der Waals surface area contributed by atoms with Crippen molar-refractivity contribution in [3.05, 3.63) is 76.4 Å². The Bertz CT molecular complexity index is 1170. The van der Waals surface area contributed by atoms with E-state index in [1.807, 2.05) is 0 Å². The molecule has 0 unspecified atom stereocenters. The SMILES string of the molecule is Cc1ccc(-c2ccc(CCCNc3nc(C4CNC4)nc4sc(C)cc34)cc2)cc1. The molecule has 0 aliphatic carbocycles. The Balaban J connectivity index is 1.21. The standard InChI is InChI=1S/C26H28N4S/c1-17-5-9-20(10-6-17)21-11-7-19(8-12-21)4-3-13-28-25-23-14-18(2)31-26(23)30-24(29-25)22-15-27-16-22/h5-12,14,22,27H,3-4,13,15-16H2,1-2H3,(H,28,29,30). The van der Waals surface area contributed by atoms with Crippen LogP contribution in [-0.2, 0) is 6.42 Å². The molecule has 0 amide bonds. The van der Waals surface area contributed by atoms with Gasteiger partial charge in [-0.15, -0.1) is 11.3 Å². The third kappa shape index (κ3) is 4.48. The fraction of sp³-hybridized carbons (Fsp3) is 0.308. The number of aromatic nitrogens is 2. The van der Waals surface area contributed by atoms with Crippen LogP contribution in [0.5, 0.6) is 0 Å². The number of nitrogens with zero attached hydrogens (tertiary/aromatic N) is 2. The minimum atomic E-state index is 0.444. The van der Waals surface area contributed by atoms with E-state index in [2.05, 4.69) is 79.1 Å². The summed E-state index contributed by atoms with van der Waals surface area (Å²) in [4.78, 5) is 12.1. The molecule has 31 heavy (non-hydrogen) atoms. The molecule has 1 saturated heterocycles. The van der Waals surface area contributed by atoms with Crippen LogP contribution in [0.25, 0.3) is 21.3 Å². The fourth-order valence-electron chi connectivity index (χ4n) is 3.96. The van der Waals surface area contributed by atoms with E-state index in [0.29, 0.717) is 5.92 Å². The molecule has 4 aromatic rings. The number of hydrogen-bond donors (Lipinski definition) is 2. The lowest BCUT2D eigenvalue weighted by Crippen LogP contribution is -2.40. The van der Waals surface area contributed by atoms with Crippen LogP contribution in [0, 0.1) is 13.8 Å². The van der Waals surface area contributed by atoms with Gasteiger partial charge in [0.05, 0.1) is 5.39 Å². The maximum absolute atomic E-state index is 4.88. The number of benzene rings is 2. The highest BCUT2D eigenvalue weighted by molar-refractivity contribution is 7.18. The van der Waals surface area contributed by atoms with Crippen LogP contribution in [0.4, 0.5) is 5.82 Å². The van der Waals surface area contributed by atoms with Crippen molar-refractivity contribution in [2.24, 2.45) is 0 Å². The summed E-state index contributed by atoms with van der Waals surface area (Å²) in [5.74, 6) is 2.41. The van der Waals surface area contributed by atoms with Crippen LogP contribution in [0.3, 0.4) is 0 Å². The predicted octanol–water partition coefficient (Wildman–Crippen LogP) is 5.71. The second-order valence-electron chi connectivity index (χ2n) is 8.45. The molecule has 158 valence electrons. The van der Waals surface area contributed by atoms with Gasteiger partial charge in [-0.2, -0.15) is 0 Å². The van der Waals surface area contributed by atoms with Gasteiger partial charge in [-0.1, -0.05) is 54.1 Å². The molecular formula is C26H28N4S. The number of fused-ring (bicyclic) bond motifs is 1. The van der Waals surface area contributed by atoms with Crippen LogP contribution in [-0.4, -0.2) is 29.6 Å². The van der Waals surface area contributed by atoms with E-state index >= 15 is 0 Å². The molecule has 2 aromatic heterocycles. The van der Waals surface area contributed by atoms with Crippen molar-refractivity contribution in [1.29, 1.82) is 0 Å². The second kappa shape index (κ2) is 8.77. The molecule has 1 fully saturated rings. The number of thiophene rings is 1. The van der Waals surface area contributed by atoms with Gasteiger partial charge in [0.15, 0.2) is 0 Å². The van der Waals surface area contributed by atoms with Gasteiger partial charge in [-0.05, 0) is 49.4 Å². The summed E-state index contributed by atoms with van der Waals surface area (Å²) in [6, 6.07) is 19.9. The van der Waals surface area contributed by atoms with Gasteiger partial charge in [-0.3, -0.25) is 0 Å². The topological polar surface area (TPSA) is 49.8 Å². The average Bonchev–Trinajstić information content (AvgIpc) is 3.11. The van der Waals surface area contributed by atoms with E-state index in [0.717, 1.165) is 54.3 Å². The third-order valence-corrected chi connectivity index (χ3v) is 6.90. The lowest BCUT2D eigenvalue weighted by Gasteiger charge is -2.25. The Morgan fingerprint density at radius 3 is 2.35 bits per heavy atom. The zero-order valence-corrected chi connectivity index (χ0v) is 18.9. The van der Waals surface area contributed by atoms with Crippen molar-refractivity contribution in [1.82, 2.24) is 15.3 Å². The maximum Gasteiger partial charge on any atom is 0.138 e. The van der Waals surface area contributed by atoms with Crippen molar-refractivity contribution in [2.75, 3.05) is 25.0 Å². The molecule has 1 aliphatic rings. The fourth-order valence-corrected chi connectivity index (χ4v) is 4.84. The van der Waals surface area contributed by atoms with Gasteiger partial charge in [0.2, 0.25) is 0 Å². The highest BCUT2D eigenvalue weighted by Crippen LogP contribution is 2.31. The number of anilines is 1. The van der Waals surface area contributed by atoms with Gasteiger partial charge >= 0.3 is 0 Å². The van der Waals surface area contributed by atoms with Gasteiger partial charge < -0.3 is 10.6 Å². The smallest absolute Gasteiger partial charge is 0.138 e. The summed E-state index contributed by atoms with van der Waals surface area (Å²) in [5.41, 5.74) is 5.22. The first-order chi connectivity index (χ1) is 15.2. The van der Waals surface area contributed by atoms with Crippen LogP contribution >= 0.6 is 11.3 Å². The summed E-state index contributed by atoms with van der Waals surface area (Å²) in [7, 11) is 0. The second-order valence-corrected chi connectivity index (χ2v) is 9.69. The Morgan fingerprint density at radius 2 is 1.68 bits per heavy atom. The van der Waals surface area contributed by atoms with Crippen molar-refractivity contribution >= 4 is 27.4 Å². The lowest BCUT2D eigenvalue weighted by atomic mass is 10.0. The minimum Gasteiger partial charge on any atom is -0.369 e. The molecule has 0 saturated carbocycles.